The van der Waals surface area contributed by atoms with E-state index in [1.54, 1.807) is 0 Å². The molecule has 2 N–H and O–H groups in total. The molecule has 4 heterocycles. The highest BCUT2D eigenvalue weighted by Crippen LogP contribution is 2.26. The van der Waals surface area contributed by atoms with Crippen molar-refractivity contribution in [2.24, 2.45) is 0 Å². The van der Waals surface area contributed by atoms with E-state index in [1.165, 1.54) is 11.1 Å². The number of carbonyl (C=O) groups is 1. The number of aryl methyl sites for hydroxylation is 1. The number of nitrogens with zero attached hydrogens (tertiary/aromatic N) is 4. The van der Waals surface area contributed by atoms with E-state index in [2.05, 4.69) is 48.5 Å². The molecule has 3 aromatic rings. The Balaban J connectivity index is 1.06. The Morgan fingerprint density at radius 3 is 2.97 bits per heavy atom. The number of carbonyl (C=O) groups excluding carboxylic acids is 1. The molecule has 0 unspecified atom stereocenters. The van der Waals surface area contributed by atoms with Crippen LogP contribution in [0.1, 0.15) is 31.2 Å². The summed E-state index contributed by atoms with van der Waals surface area (Å²) in [5, 5.41) is 11.3. The molecular weight excluding hydrogens is 404 g/mol. The average molecular weight is 435 g/mol. The number of fused-ring (bicyclic) bond motifs is 2. The van der Waals surface area contributed by atoms with E-state index < -0.39 is 0 Å². The molecule has 2 aliphatic heterocycles. The van der Waals surface area contributed by atoms with E-state index >= 15 is 0 Å². The number of unbranched alkanes of at least 4 members (excludes halogenated alkanes) is 1. The summed E-state index contributed by atoms with van der Waals surface area (Å²) < 4.78 is 5.83. The number of hydrogen-bond donors (Lipinski definition) is 2. The molecule has 2 aliphatic rings. The molecule has 1 amide bonds. The fourth-order valence-corrected chi connectivity index (χ4v) is 4.58. The fraction of sp³-hybridized carbons (Fsp3) is 0.458. The zero-order valence-electron chi connectivity index (χ0n) is 18.3. The molecule has 1 saturated heterocycles. The Labute approximate surface area is 187 Å². The van der Waals surface area contributed by atoms with Gasteiger partial charge in [-0.15, -0.1) is 0 Å². The molecule has 0 saturated carbocycles. The van der Waals surface area contributed by atoms with Gasteiger partial charge in [-0.25, -0.2) is 0 Å². The maximum absolute atomic E-state index is 11.6. The van der Waals surface area contributed by atoms with Crippen LogP contribution in [0.2, 0.25) is 0 Å². The molecule has 5 rings (SSSR count). The standard InChI is InChI=1S/C24H30N6O2/c31-22-9-7-18-8-10-23(27-24(18)26-22)32-16-2-1-11-29-12-4-13-30(15-14-29)21-6-3-5-20-19(21)17-25-28-20/h3,5-6,8,10,17H,1-2,4,7,9,11-16H2,(H,25,28)(H,26,27,31). The predicted octanol–water partition coefficient (Wildman–Crippen LogP) is 3.21. The van der Waals surface area contributed by atoms with Crippen LogP contribution in [0.5, 0.6) is 5.88 Å². The Bertz CT molecular complexity index is 1080. The van der Waals surface area contributed by atoms with Crippen molar-refractivity contribution < 1.29 is 9.53 Å². The van der Waals surface area contributed by atoms with Gasteiger partial charge in [0.2, 0.25) is 11.8 Å². The van der Waals surface area contributed by atoms with Crippen molar-refractivity contribution in [3.63, 3.8) is 0 Å². The largest absolute Gasteiger partial charge is 0.478 e. The molecule has 0 spiro atoms. The van der Waals surface area contributed by atoms with E-state index in [9.17, 15) is 4.79 Å². The number of amides is 1. The van der Waals surface area contributed by atoms with Crippen molar-refractivity contribution in [2.45, 2.75) is 32.1 Å². The van der Waals surface area contributed by atoms with Crippen LogP contribution in [0.15, 0.2) is 36.5 Å². The van der Waals surface area contributed by atoms with Gasteiger partial charge in [-0.1, -0.05) is 6.07 Å². The number of H-pyrrole nitrogens is 1. The van der Waals surface area contributed by atoms with Gasteiger partial charge in [0, 0.05) is 43.2 Å². The van der Waals surface area contributed by atoms with Gasteiger partial charge in [-0.05, 0) is 62.5 Å². The molecule has 0 bridgehead atoms. The van der Waals surface area contributed by atoms with E-state index in [4.69, 9.17) is 4.74 Å². The number of aromatic amines is 1. The Hall–Kier alpha value is -3.13. The first-order valence-corrected chi connectivity index (χ1v) is 11.6. The van der Waals surface area contributed by atoms with Crippen LogP contribution in [0, 0.1) is 0 Å². The second-order valence-corrected chi connectivity index (χ2v) is 8.55. The van der Waals surface area contributed by atoms with Crippen LogP contribution in [0.4, 0.5) is 11.5 Å². The molecule has 8 heteroatoms. The summed E-state index contributed by atoms with van der Waals surface area (Å²) in [6.07, 6.45) is 6.45. The van der Waals surface area contributed by atoms with E-state index in [-0.39, 0.29) is 5.91 Å². The van der Waals surface area contributed by atoms with Crippen molar-refractivity contribution in [1.29, 1.82) is 0 Å². The number of rotatable bonds is 7. The van der Waals surface area contributed by atoms with Crippen LogP contribution in [-0.4, -0.2) is 65.3 Å². The van der Waals surface area contributed by atoms with Crippen LogP contribution in [0.3, 0.4) is 0 Å². The lowest BCUT2D eigenvalue weighted by atomic mass is 10.1. The van der Waals surface area contributed by atoms with Gasteiger partial charge in [0.05, 0.1) is 18.3 Å². The topological polar surface area (TPSA) is 86.4 Å². The van der Waals surface area contributed by atoms with Crippen molar-refractivity contribution in [2.75, 3.05) is 49.5 Å². The molecule has 168 valence electrons. The lowest BCUT2D eigenvalue weighted by molar-refractivity contribution is -0.116. The number of hydrogen-bond acceptors (Lipinski definition) is 6. The highest BCUT2D eigenvalue weighted by atomic mass is 16.5. The molecule has 0 atom stereocenters. The van der Waals surface area contributed by atoms with E-state index in [0.717, 1.165) is 69.5 Å². The zero-order valence-corrected chi connectivity index (χ0v) is 18.3. The van der Waals surface area contributed by atoms with Crippen LogP contribution >= 0.6 is 0 Å². The van der Waals surface area contributed by atoms with Gasteiger partial charge in [0.25, 0.3) is 0 Å². The minimum Gasteiger partial charge on any atom is -0.478 e. The molecular formula is C24H30N6O2. The number of pyridine rings is 1. The average Bonchev–Trinajstić information content (AvgIpc) is 3.17. The van der Waals surface area contributed by atoms with Crippen molar-refractivity contribution in [3.05, 3.63) is 42.1 Å². The van der Waals surface area contributed by atoms with Crippen LogP contribution in [-0.2, 0) is 11.2 Å². The Morgan fingerprint density at radius 1 is 1.03 bits per heavy atom. The highest BCUT2D eigenvalue weighted by Gasteiger charge is 2.18. The number of benzene rings is 1. The second kappa shape index (κ2) is 9.56. The second-order valence-electron chi connectivity index (χ2n) is 8.55. The summed E-state index contributed by atoms with van der Waals surface area (Å²) in [5.41, 5.74) is 3.45. The molecule has 0 radical (unpaired) electrons. The minimum absolute atomic E-state index is 0.0274. The third-order valence-electron chi connectivity index (χ3n) is 6.34. The molecule has 1 aromatic carbocycles. The van der Waals surface area contributed by atoms with Crippen molar-refractivity contribution >= 4 is 28.3 Å². The molecule has 0 aliphatic carbocycles. The lowest BCUT2D eigenvalue weighted by Gasteiger charge is -2.24. The summed E-state index contributed by atoms with van der Waals surface area (Å²) >= 11 is 0. The van der Waals surface area contributed by atoms with E-state index in [1.807, 2.05) is 18.3 Å². The number of ether oxygens (including phenoxy) is 1. The molecule has 2 aromatic heterocycles. The Morgan fingerprint density at radius 2 is 2.00 bits per heavy atom. The maximum Gasteiger partial charge on any atom is 0.225 e. The maximum atomic E-state index is 11.6. The Kier molecular flexibility index (Phi) is 6.20. The first kappa shape index (κ1) is 20.8. The van der Waals surface area contributed by atoms with Gasteiger partial charge in [-0.3, -0.25) is 9.89 Å². The third-order valence-corrected chi connectivity index (χ3v) is 6.34. The van der Waals surface area contributed by atoms with Crippen molar-refractivity contribution in [3.8, 4) is 5.88 Å². The van der Waals surface area contributed by atoms with Gasteiger partial charge in [0.1, 0.15) is 5.82 Å². The first-order valence-electron chi connectivity index (χ1n) is 11.6. The van der Waals surface area contributed by atoms with Crippen LogP contribution < -0.4 is 15.0 Å². The molecule has 32 heavy (non-hydrogen) atoms. The summed E-state index contributed by atoms with van der Waals surface area (Å²) in [6.45, 7) is 6.03. The zero-order chi connectivity index (χ0) is 21.8. The highest BCUT2D eigenvalue weighted by molar-refractivity contribution is 5.93. The number of anilines is 2. The first-order chi connectivity index (χ1) is 15.8. The summed E-state index contributed by atoms with van der Waals surface area (Å²) in [5.74, 6) is 1.27. The minimum atomic E-state index is 0.0274. The third kappa shape index (κ3) is 4.70. The van der Waals surface area contributed by atoms with E-state index in [0.29, 0.717) is 24.7 Å². The normalized spacial score (nSPS) is 17.1. The van der Waals surface area contributed by atoms with Crippen LogP contribution in [0.25, 0.3) is 10.9 Å². The van der Waals surface area contributed by atoms with Gasteiger partial charge >= 0.3 is 0 Å². The molecule has 8 nitrogen and oxygen atoms in total. The molecule has 1 fully saturated rings. The van der Waals surface area contributed by atoms with Crippen molar-refractivity contribution in [1.82, 2.24) is 20.1 Å². The summed E-state index contributed by atoms with van der Waals surface area (Å²) in [6, 6.07) is 10.3. The monoisotopic (exact) mass is 434 g/mol. The summed E-state index contributed by atoms with van der Waals surface area (Å²) in [4.78, 5) is 21.0. The van der Waals surface area contributed by atoms with Gasteiger partial charge in [0.15, 0.2) is 0 Å². The quantitative estimate of drug-likeness (QED) is 0.556. The summed E-state index contributed by atoms with van der Waals surface area (Å²) in [7, 11) is 0. The lowest BCUT2D eigenvalue weighted by Crippen LogP contribution is -2.31. The fourth-order valence-electron chi connectivity index (χ4n) is 4.58. The SMILES string of the molecule is O=C1CCc2ccc(OCCCCN3CCCN(c4cccc5[nH]ncc45)CC3)nc2N1. The number of aromatic nitrogens is 3. The van der Waals surface area contributed by atoms with Gasteiger partial charge in [-0.2, -0.15) is 10.1 Å². The van der Waals surface area contributed by atoms with Gasteiger partial charge < -0.3 is 19.9 Å². The number of nitrogens with one attached hydrogen (secondary N) is 2. The smallest absolute Gasteiger partial charge is 0.225 e. The predicted molar refractivity (Wildman–Crippen MR) is 125 cm³/mol.